The van der Waals surface area contributed by atoms with Crippen molar-refractivity contribution < 1.29 is 9.90 Å². The molecule has 1 atom stereocenters. The number of para-hydroxylation sites is 1. The Hall–Kier alpha value is -2.18. The average Bonchev–Trinajstić information content (AvgIpc) is 2.96. The predicted molar refractivity (Wildman–Crippen MR) is 91.8 cm³/mol. The topological polar surface area (TPSA) is 61.6 Å². The highest BCUT2D eigenvalue weighted by atomic mass is 16.3. The number of aliphatic hydroxyl groups excluding tert-OH is 1. The summed E-state index contributed by atoms with van der Waals surface area (Å²) in [5.41, 5.74) is 2.26. The molecule has 128 valence electrons. The number of aromatic nitrogens is 2. The van der Waals surface area contributed by atoms with E-state index in [1.807, 2.05) is 31.3 Å². The molecule has 1 saturated heterocycles. The van der Waals surface area contributed by atoms with Gasteiger partial charge in [-0.05, 0) is 26.0 Å². The number of benzene rings is 1. The highest BCUT2D eigenvalue weighted by Gasteiger charge is 2.24. The molecule has 6 heteroatoms. The Morgan fingerprint density at radius 1 is 1.21 bits per heavy atom. The lowest BCUT2D eigenvalue weighted by atomic mass is 10.2. The van der Waals surface area contributed by atoms with Crippen LogP contribution in [-0.4, -0.2) is 62.6 Å². The molecule has 1 aliphatic heterocycles. The van der Waals surface area contributed by atoms with E-state index in [0.29, 0.717) is 13.1 Å². The quantitative estimate of drug-likeness (QED) is 0.916. The van der Waals surface area contributed by atoms with Gasteiger partial charge in [0, 0.05) is 38.4 Å². The van der Waals surface area contributed by atoms with Crippen LogP contribution in [0.1, 0.15) is 18.4 Å². The summed E-state index contributed by atoms with van der Waals surface area (Å²) in [5.74, 6) is 0.791. The van der Waals surface area contributed by atoms with E-state index in [1.54, 1.807) is 4.90 Å². The van der Waals surface area contributed by atoms with E-state index >= 15 is 0 Å². The molecule has 0 bridgehead atoms. The zero-order valence-corrected chi connectivity index (χ0v) is 14.2. The van der Waals surface area contributed by atoms with Crippen LogP contribution >= 0.6 is 0 Å². The zero-order chi connectivity index (χ0) is 17.1. The lowest BCUT2D eigenvalue weighted by molar-refractivity contribution is -0.141. The number of carbonyl (C=O) groups excluding carboxylic acids is 1. The van der Waals surface area contributed by atoms with Gasteiger partial charge in [-0.3, -0.25) is 14.3 Å². The van der Waals surface area contributed by atoms with Crippen molar-refractivity contribution in [1.82, 2.24) is 19.4 Å². The zero-order valence-electron chi connectivity index (χ0n) is 14.2. The Balaban J connectivity index is 1.67. The van der Waals surface area contributed by atoms with Gasteiger partial charge >= 0.3 is 0 Å². The van der Waals surface area contributed by atoms with Crippen LogP contribution in [0.2, 0.25) is 0 Å². The third-order valence-corrected chi connectivity index (χ3v) is 4.45. The Morgan fingerprint density at radius 2 is 1.88 bits per heavy atom. The molecule has 24 heavy (non-hydrogen) atoms. The fourth-order valence-electron chi connectivity index (χ4n) is 3.15. The lowest BCUT2D eigenvalue weighted by Crippen LogP contribution is -2.50. The minimum absolute atomic E-state index is 0.181. The summed E-state index contributed by atoms with van der Waals surface area (Å²) in [6.07, 6.45) is 1.01. The Labute approximate surface area is 142 Å². The smallest absolute Gasteiger partial charge is 0.251 e. The number of hydrogen-bond acceptors (Lipinski definition) is 4. The van der Waals surface area contributed by atoms with Crippen LogP contribution in [-0.2, 0) is 11.3 Å². The van der Waals surface area contributed by atoms with Gasteiger partial charge in [0.15, 0.2) is 0 Å². The maximum atomic E-state index is 11.8. The van der Waals surface area contributed by atoms with Gasteiger partial charge in [-0.1, -0.05) is 18.2 Å². The highest BCUT2D eigenvalue weighted by Crippen LogP contribution is 2.17. The summed E-state index contributed by atoms with van der Waals surface area (Å²) in [6, 6.07) is 10.2. The largest absolute Gasteiger partial charge is 0.384 e. The van der Waals surface area contributed by atoms with E-state index < -0.39 is 6.10 Å². The second-order valence-corrected chi connectivity index (χ2v) is 6.25. The number of aryl methyl sites for hydroxylation is 1. The van der Waals surface area contributed by atoms with Crippen LogP contribution < -0.4 is 0 Å². The first-order chi connectivity index (χ1) is 11.6. The van der Waals surface area contributed by atoms with Gasteiger partial charge in [0.25, 0.3) is 5.91 Å². The molecule has 1 aliphatic rings. The van der Waals surface area contributed by atoms with E-state index in [2.05, 4.69) is 26.6 Å². The maximum absolute atomic E-state index is 11.8. The van der Waals surface area contributed by atoms with Crippen molar-refractivity contribution in [3.63, 3.8) is 0 Å². The van der Waals surface area contributed by atoms with E-state index in [4.69, 9.17) is 0 Å². The number of imidazole rings is 1. The molecule has 2 heterocycles. The number of hydrogen-bond donors (Lipinski definition) is 1. The number of carbonyl (C=O) groups is 1. The first kappa shape index (κ1) is 16.7. The van der Waals surface area contributed by atoms with Gasteiger partial charge in [-0.15, -0.1) is 0 Å². The third kappa shape index (κ3) is 3.49. The van der Waals surface area contributed by atoms with Crippen molar-refractivity contribution in [3.05, 3.63) is 48.0 Å². The van der Waals surface area contributed by atoms with Crippen LogP contribution in [0.15, 0.2) is 36.5 Å². The van der Waals surface area contributed by atoms with Gasteiger partial charge in [0.05, 0.1) is 11.9 Å². The molecule has 1 unspecified atom stereocenters. The fraction of sp³-hybridized carbons (Fsp3) is 0.444. The Morgan fingerprint density at radius 3 is 2.50 bits per heavy atom. The molecular formula is C18H24N4O2. The second-order valence-electron chi connectivity index (χ2n) is 6.25. The molecule has 6 nitrogen and oxygen atoms in total. The van der Waals surface area contributed by atoms with Crippen molar-refractivity contribution in [3.8, 4) is 5.69 Å². The number of nitrogens with zero attached hydrogens (tertiary/aromatic N) is 4. The van der Waals surface area contributed by atoms with E-state index in [9.17, 15) is 9.90 Å². The number of amides is 1. The first-order valence-electron chi connectivity index (χ1n) is 8.34. The minimum Gasteiger partial charge on any atom is -0.384 e. The molecule has 2 aromatic rings. The van der Waals surface area contributed by atoms with E-state index in [0.717, 1.165) is 36.8 Å². The highest BCUT2D eigenvalue weighted by molar-refractivity contribution is 5.80. The molecule has 1 N–H and O–H groups in total. The lowest BCUT2D eigenvalue weighted by Gasteiger charge is -2.35. The van der Waals surface area contributed by atoms with Crippen LogP contribution in [0.4, 0.5) is 0 Å². The molecule has 0 aliphatic carbocycles. The molecule has 1 amide bonds. The van der Waals surface area contributed by atoms with Gasteiger partial charge in [0.1, 0.15) is 11.9 Å². The first-order valence-corrected chi connectivity index (χ1v) is 8.34. The molecule has 3 rings (SSSR count). The average molecular weight is 328 g/mol. The molecular weight excluding hydrogens is 304 g/mol. The van der Waals surface area contributed by atoms with Crippen LogP contribution in [0.5, 0.6) is 0 Å². The predicted octanol–water partition coefficient (Wildman–Crippen LogP) is 1.21. The van der Waals surface area contributed by atoms with Gasteiger partial charge < -0.3 is 10.0 Å². The van der Waals surface area contributed by atoms with Crippen molar-refractivity contribution in [2.45, 2.75) is 26.5 Å². The summed E-state index contributed by atoms with van der Waals surface area (Å²) >= 11 is 0. The van der Waals surface area contributed by atoms with Crippen molar-refractivity contribution in [2.75, 3.05) is 26.2 Å². The van der Waals surface area contributed by atoms with Crippen LogP contribution in [0, 0.1) is 6.92 Å². The molecule has 0 radical (unpaired) electrons. The Kier molecular flexibility index (Phi) is 4.97. The summed E-state index contributed by atoms with van der Waals surface area (Å²) < 4.78 is 2.17. The third-order valence-electron chi connectivity index (χ3n) is 4.45. The van der Waals surface area contributed by atoms with E-state index in [1.165, 1.54) is 6.92 Å². The fourth-order valence-corrected chi connectivity index (χ4v) is 3.15. The monoisotopic (exact) mass is 328 g/mol. The summed E-state index contributed by atoms with van der Waals surface area (Å²) in [6.45, 7) is 7.25. The normalized spacial score (nSPS) is 17.0. The number of piperazine rings is 1. The summed E-state index contributed by atoms with van der Waals surface area (Å²) in [7, 11) is 0. The second kappa shape index (κ2) is 7.15. The summed E-state index contributed by atoms with van der Waals surface area (Å²) in [4.78, 5) is 20.4. The molecule has 1 fully saturated rings. The van der Waals surface area contributed by atoms with Crippen molar-refractivity contribution in [1.29, 1.82) is 0 Å². The van der Waals surface area contributed by atoms with Crippen LogP contribution in [0.25, 0.3) is 5.69 Å². The minimum atomic E-state index is -0.918. The molecule has 0 spiro atoms. The number of aliphatic hydroxyl groups is 1. The van der Waals surface area contributed by atoms with E-state index in [-0.39, 0.29) is 5.91 Å². The molecule has 1 aromatic heterocycles. The SMILES string of the molecule is Cc1ncc(CN2CCN(C(=O)C(C)O)CC2)n1-c1ccccc1. The summed E-state index contributed by atoms with van der Waals surface area (Å²) in [5, 5.41) is 9.42. The van der Waals surface area contributed by atoms with Crippen molar-refractivity contribution >= 4 is 5.91 Å². The van der Waals surface area contributed by atoms with Crippen LogP contribution in [0.3, 0.4) is 0 Å². The Bertz CT molecular complexity index is 688. The van der Waals surface area contributed by atoms with Gasteiger partial charge in [-0.2, -0.15) is 0 Å². The maximum Gasteiger partial charge on any atom is 0.251 e. The number of rotatable bonds is 4. The molecule has 0 saturated carbocycles. The van der Waals surface area contributed by atoms with Gasteiger partial charge in [-0.25, -0.2) is 4.98 Å². The molecule has 1 aromatic carbocycles. The van der Waals surface area contributed by atoms with Gasteiger partial charge in [0.2, 0.25) is 0 Å². The standard InChI is InChI=1S/C18H24N4O2/c1-14(23)18(24)21-10-8-20(9-11-21)13-17-12-19-15(2)22(17)16-6-4-3-5-7-16/h3-7,12,14,23H,8-11,13H2,1-2H3. The van der Waals surface area contributed by atoms with Crippen molar-refractivity contribution in [2.24, 2.45) is 0 Å².